The summed E-state index contributed by atoms with van der Waals surface area (Å²) in [5.74, 6) is 0.856. The number of ether oxygens (including phenoxy) is 2. The summed E-state index contributed by atoms with van der Waals surface area (Å²) in [6.45, 7) is 3.76. The molecule has 0 saturated carbocycles. The van der Waals surface area contributed by atoms with Crippen LogP contribution in [-0.2, 0) is 6.42 Å². The van der Waals surface area contributed by atoms with E-state index in [1.165, 1.54) is 0 Å². The lowest BCUT2D eigenvalue weighted by Gasteiger charge is -2.15. The Morgan fingerprint density at radius 2 is 2.04 bits per heavy atom. The van der Waals surface area contributed by atoms with Crippen molar-refractivity contribution < 1.29 is 14.3 Å². The molecule has 0 aliphatic heterocycles. The highest BCUT2D eigenvalue weighted by molar-refractivity contribution is 6.05. The zero-order valence-corrected chi connectivity index (χ0v) is 15.3. The van der Waals surface area contributed by atoms with Crippen LogP contribution in [0.5, 0.6) is 11.5 Å². The second-order valence-corrected chi connectivity index (χ2v) is 5.79. The summed E-state index contributed by atoms with van der Waals surface area (Å²) in [5.41, 5.74) is 2.74. The van der Waals surface area contributed by atoms with Crippen LogP contribution in [0.1, 0.15) is 15.9 Å². The van der Waals surface area contributed by atoms with Crippen LogP contribution in [0.25, 0.3) is 5.69 Å². The molecule has 1 N–H and O–H groups in total. The summed E-state index contributed by atoms with van der Waals surface area (Å²) >= 11 is 0. The van der Waals surface area contributed by atoms with Crippen LogP contribution < -0.4 is 14.8 Å². The molecule has 0 unspecified atom stereocenters. The van der Waals surface area contributed by atoms with Crippen LogP contribution >= 0.6 is 0 Å². The molecule has 2 aromatic carbocycles. The molecule has 0 aliphatic rings. The maximum Gasteiger partial charge on any atom is 0.255 e. The van der Waals surface area contributed by atoms with E-state index in [0.717, 1.165) is 11.3 Å². The lowest BCUT2D eigenvalue weighted by molar-refractivity contribution is 0.102. The summed E-state index contributed by atoms with van der Waals surface area (Å²) in [7, 11) is 3.12. The molecule has 0 saturated heterocycles. The molecule has 0 aliphatic carbocycles. The van der Waals surface area contributed by atoms with Gasteiger partial charge in [0, 0.05) is 23.5 Å². The van der Waals surface area contributed by atoms with E-state index in [1.807, 2.05) is 36.5 Å². The Hall–Kier alpha value is -3.54. The molecule has 3 rings (SSSR count). The molecule has 0 fully saturated rings. The van der Waals surface area contributed by atoms with Gasteiger partial charge in [0.2, 0.25) is 0 Å². The first-order chi connectivity index (χ1) is 13.2. The Morgan fingerprint density at radius 3 is 2.70 bits per heavy atom. The summed E-state index contributed by atoms with van der Waals surface area (Å²) in [6.07, 6.45) is 5.83. The molecule has 1 aromatic heterocycles. The molecule has 27 heavy (non-hydrogen) atoms. The predicted octanol–water partition coefficient (Wildman–Crippen LogP) is 3.87. The summed E-state index contributed by atoms with van der Waals surface area (Å²) in [4.78, 5) is 12.9. The van der Waals surface area contributed by atoms with E-state index >= 15 is 0 Å². The standard InChI is InChI=1S/C21H21N3O3/c1-4-8-15-13-16(14-19(26-2)20(15)27-3)21(25)23-17-9-5-6-10-18(17)24-12-7-11-22-24/h4-7,9-14H,1,8H2,2-3H3,(H,23,25). The van der Waals surface area contributed by atoms with Crippen molar-refractivity contribution in [2.45, 2.75) is 6.42 Å². The fraction of sp³-hybridized carbons (Fsp3) is 0.143. The Balaban J connectivity index is 1.96. The molecule has 1 amide bonds. The van der Waals surface area contributed by atoms with E-state index in [-0.39, 0.29) is 5.91 Å². The van der Waals surface area contributed by atoms with Crippen molar-refractivity contribution in [1.29, 1.82) is 0 Å². The number of allylic oxidation sites excluding steroid dienone is 1. The summed E-state index contributed by atoms with van der Waals surface area (Å²) < 4.78 is 12.5. The molecule has 0 radical (unpaired) electrons. The van der Waals surface area contributed by atoms with Crippen molar-refractivity contribution in [2.24, 2.45) is 0 Å². The highest BCUT2D eigenvalue weighted by Gasteiger charge is 2.17. The normalized spacial score (nSPS) is 10.3. The third-order valence-corrected chi connectivity index (χ3v) is 4.09. The maximum absolute atomic E-state index is 12.9. The number of benzene rings is 2. The second-order valence-electron chi connectivity index (χ2n) is 5.79. The van der Waals surface area contributed by atoms with Gasteiger partial charge in [-0.1, -0.05) is 18.2 Å². The molecule has 3 aromatic rings. The van der Waals surface area contributed by atoms with Gasteiger partial charge in [0.1, 0.15) is 0 Å². The second kappa shape index (κ2) is 8.23. The molecule has 0 bridgehead atoms. The third-order valence-electron chi connectivity index (χ3n) is 4.09. The first kappa shape index (κ1) is 18.3. The van der Waals surface area contributed by atoms with Crippen LogP contribution in [0, 0.1) is 0 Å². The van der Waals surface area contributed by atoms with Crippen LogP contribution in [0.3, 0.4) is 0 Å². The van der Waals surface area contributed by atoms with Gasteiger partial charge in [0.15, 0.2) is 11.5 Å². The van der Waals surface area contributed by atoms with Gasteiger partial charge in [-0.2, -0.15) is 5.10 Å². The van der Waals surface area contributed by atoms with E-state index < -0.39 is 0 Å². The minimum Gasteiger partial charge on any atom is -0.493 e. The van der Waals surface area contributed by atoms with Crippen molar-refractivity contribution >= 4 is 11.6 Å². The number of para-hydroxylation sites is 2. The number of amides is 1. The maximum atomic E-state index is 12.9. The number of rotatable bonds is 7. The van der Waals surface area contributed by atoms with Gasteiger partial charge >= 0.3 is 0 Å². The Bertz CT molecular complexity index is 949. The summed E-state index contributed by atoms with van der Waals surface area (Å²) in [5, 5.41) is 7.18. The van der Waals surface area contributed by atoms with Gasteiger partial charge in [-0.05, 0) is 36.8 Å². The van der Waals surface area contributed by atoms with E-state index in [1.54, 1.807) is 43.3 Å². The first-order valence-electron chi connectivity index (χ1n) is 8.44. The zero-order chi connectivity index (χ0) is 19.2. The Kier molecular flexibility index (Phi) is 5.56. The van der Waals surface area contributed by atoms with Crippen molar-refractivity contribution in [1.82, 2.24) is 9.78 Å². The number of carbonyl (C=O) groups is 1. The number of hydrogen-bond acceptors (Lipinski definition) is 4. The molecule has 0 spiro atoms. The minimum atomic E-state index is -0.249. The first-order valence-corrected chi connectivity index (χ1v) is 8.44. The van der Waals surface area contributed by atoms with Crippen molar-refractivity contribution in [2.75, 3.05) is 19.5 Å². The quantitative estimate of drug-likeness (QED) is 0.647. The highest BCUT2D eigenvalue weighted by Crippen LogP contribution is 2.33. The smallest absolute Gasteiger partial charge is 0.255 e. The Labute approximate surface area is 158 Å². The number of hydrogen-bond donors (Lipinski definition) is 1. The van der Waals surface area contributed by atoms with Crippen LogP contribution in [0.2, 0.25) is 0 Å². The molecule has 138 valence electrons. The van der Waals surface area contributed by atoms with Crippen molar-refractivity contribution in [3.05, 3.63) is 78.6 Å². The number of aromatic nitrogens is 2. The monoisotopic (exact) mass is 363 g/mol. The van der Waals surface area contributed by atoms with Crippen LogP contribution in [0.4, 0.5) is 5.69 Å². The van der Waals surface area contributed by atoms with Crippen LogP contribution in [0.15, 0.2) is 67.5 Å². The highest BCUT2D eigenvalue weighted by atomic mass is 16.5. The van der Waals surface area contributed by atoms with Crippen molar-refractivity contribution in [3.63, 3.8) is 0 Å². The molecular weight excluding hydrogens is 342 g/mol. The van der Waals surface area contributed by atoms with E-state index in [0.29, 0.717) is 29.2 Å². The largest absolute Gasteiger partial charge is 0.493 e. The van der Waals surface area contributed by atoms with Gasteiger partial charge in [0.25, 0.3) is 5.91 Å². The fourth-order valence-corrected chi connectivity index (χ4v) is 2.87. The predicted molar refractivity (Wildman–Crippen MR) is 105 cm³/mol. The molecule has 6 heteroatoms. The zero-order valence-electron chi connectivity index (χ0n) is 15.3. The number of anilines is 1. The van der Waals surface area contributed by atoms with Crippen LogP contribution in [-0.4, -0.2) is 29.9 Å². The SMILES string of the molecule is C=CCc1cc(C(=O)Nc2ccccc2-n2cccn2)cc(OC)c1OC. The van der Waals surface area contributed by atoms with Gasteiger partial charge in [0.05, 0.1) is 25.6 Å². The average Bonchev–Trinajstić information content (AvgIpc) is 3.22. The van der Waals surface area contributed by atoms with Gasteiger partial charge in [-0.3, -0.25) is 4.79 Å². The van der Waals surface area contributed by atoms with E-state index in [2.05, 4.69) is 17.0 Å². The van der Waals surface area contributed by atoms with Gasteiger partial charge in [-0.25, -0.2) is 4.68 Å². The Morgan fingerprint density at radius 1 is 1.22 bits per heavy atom. The third kappa shape index (κ3) is 3.84. The van der Waals surface area contributed by atoms with Gasteiger partial charge < -0.3 is 14.8 Å². The molecule has 1 heterocycles. The average molecular weight is 363 g/mol. The summed E-state index contributed by atoms with van der Waals surface area (Å²) in [6, 6.07) is 12.8. The van der Waals surface area contributed by atoms with E-state index in [4.69, 9.17) is 9.47 Å². The number of nitrogens with one attached hydrogen (secondary N) is 1. The molecular formula is C21H21N3O3. The van der Waals surface area contributed by atoms with E-state index in [9.17, 15) is 4.79 Å². The minimum absolute atomic E-state index is 0.249. The van der Waals surface area contributed by atoms with Crippen molar-refractivity contribution in [3.8, 4) is 17.2 Å². The fourth-order valence-electron chi connectivity index (χ4n) is 2.87. The van der Waals surface area contributed by atoms with Gasteiger partial charge in [-0.15, -0.1) is 6.58 Å². The number of methoxy groups -OCH3 is 2. The lowest BCUT2D eigenvalue weighted by Crippen LogP contribution is -2.15. The molecule has 6 nitrogen and oxygen atoms in total. The number of nitrogens with zero attached hydrogens (tertiary/aromatic N) is 2. The lowest BCUT2D eigenvalue weighted by atomic mass is 10.0. The molecule has 0 atom stereocenters. The topological polar surface area (TPSA) is 65.4 Å². The number of carbonyl (C=O) groups excluding carboxylic acids is 1.